The molecule has 1 saturated carbocycles. The summed E-state index contributed by atoms with van der Waals surface area (Å²) >= 11 is 0. The molecule has 0 radical (unpaired) electrons. The van der Waals surface area contributed by atoms with Crippen molar-refractivity contribution in [3.8, 4) is 0 Å². The molecule has 0 saturated heterocycles. The van der Waals surface area contributed by atoms with Gasteiger partial charge in [0, 0.05) is 17.8 Å². The molecule has 0 bridgehead atoms. The summed E-state index contributed by atoms with van der Waals surface area (Å²) < 4.78 is 5.06. The molecule has 0 spiro atoms. The standard InChI is InChI=1S/C18H21N3O3.ClH/c19-12-18(8-1-2-9-18)21-16(22)13-5-3-6-14(11-13)20-17(23)15-7-4-10-24-15;/h3-7,10-11H,1-2,8-9,12,19H2,(H,20,23)(H,21,22);1H. The lowest BCUT2D eigenvalue weighted by molar-refractivity contribution is 0.0902. The minimum Gasteiger partial charge on any atom is -0.459 e. The number of hydrogen-bond acceptors (Lipinski definition) is 4. The van der Waals surface area contributed by atoms with Crippen molar-refractivity contribution in [1.29, 1.82) is 0 Å². The highest BCUT2D eigenvalue weighted by molar-refractivity contribution is 6.03. The average molecular weight is 364 g/mol. The maximum Gasteiger partial charge on any atom is 0.291 e. The van der Waals surface area contributed by atoms with Gasteiger partial charge in [-0.25, -0.2) is 0 Å². The Labute approximate surface area is 152 Å². The van der Waals surface area contributed by atoms with Gasteiger partial charge < -0.3 is 20.8 Å². The normalized spacial score (nSPS) is 15.2. The van der Waals surface area contributed by atoms with Gasteiger partial charge in [0.2, 0.25) is 0 Å². The second-order valence-electron chi connectivity index (χ2n) is 6.16. The minimum atomic E-state index is -0.355. The van der Waals surface area contributed by atoms with E-state index in [2.05, 4.69) is 10.6 Å². The molecule has 3 rings (SSSR count). The van der Waals surface area contributed by atoms with Crippen molar-refractivity contribution in [3.05, 3.63) is 54.0 Å². The Kier molecular flexibility index (Phi) is 6.22. The second kappa shape index (κ2) is 8.18. The van der Waals surface area contributed by atoms with Crippen LogP contribution in [0.1, 0.15) is 46.6 Å². The predicted octanol–water partition coefficient (Wildman–Crippen LogP) is 2.96. The van der Waals surface area contributed by atoms with Crippen molar-refractivity contribution < 1.29 is 14.0 Å². The topological polar surface area (TPSA) is 97.4 Å². The third kappa shape index (κ3) is 4.41. The average Bonchev–Trinajstić information content (AvgIpc) is 3.27. The molecule has 0 atom stereocenters. The molecule has 1 fully saturated rings. The summed E-state index contributed by atoms with van der Waals surface area (Å²) in [5.41, 5.74) is 6.59. The van der Waals surface area contributed by atoms with Crippen molar-refractivity contribution >= 4 is 29.9 Å². The van der Waals surface area contributed by atoms with E-state index in [1.807, 2.05) is 0 Å². The summed E-state index contributed by atoms with van der Waals surface area (Å²) in [6, 6.07) is 10.1. The van der Waals surface area contributed by atoms with E-state index in [4.69, 9.17) is 10.2 Å². The van der Waals surface area contributed by atoms with E-state index in [1.54, 1.807) is 36.4 Å². The van der Waals surface area contributed by atoms with Crippen molar-refractivity contribution in [2.75, 3.05) is 11.9 Å². The van der Waals surface area contributed by atoms with Crippen LogP contribution in [-0.2, 0) is 0 Å². The quantitative estimate of drug-likeness (QED) is 0.760. The van der Waals surface area contributed by atoms with E-state index in [1.165, 1.54) is 6.26 Å². The second-order valence-corrected chi connectivity index (χ2v) is 6.16. The van der Waals surface area contributed by atoms with Gasteiger partial charge in [0.25, 0.3) is 11.8 Å². The molecule has 25 heavy (non-hydrogen) atoms. The zero-order valence-electron chi connectivity index (χ0n) is 13.8. The zero-order valence-corrected chi connectivity index (χ0v) is 14.6. The highest BCUT2D eigenvalue weighted by Gasteiger charge is 2.34. The Morgan fingerprint density at radius 3 is 2.52 bits per heavy atom. The van der Waals surface area contributed by atoms with Gasteiger partial charge in [-0.15, -0.1) is 12.4 Å². The summed E-state index contributed by atoms with van der Waals surface area (Å²) in [7, 11) is 0. The van der Waals surface area contributed by atoms with Crippen LogP contribution < -0.4 is 16.4 Å². The number of halogens is 1. The van der Waals surface area contributed by atoms with Crippen LogP contribution in [0.15, 0.2) is 47.1 Å². The Morgan fingerprint density at radius 1 is 1.12 bits per heavy atom. The molecule has 7 heteroatoms. The number of rotatable bonds is 5. The number of amides is 2. The predicted molar refractivity (Wildman–Crippen MR) is 98.1 cm³/mol. The number of carbonyl (C=O) groups excluding carboxylic acids is 2. The SMILES string of the molecule is Cl.NCC1(NC(=O)c2cccc(NC(=O)c3ccco3)c2)CCCC1. The Morgan fingerprint density at radius 2 is 1.88 bits per heavy atom. The Balaban J connectivity index is 0.00000225. The summed E-state index contributed by atoms with van der Waals surface area (Å²) in [5.74, 6) is -0.305. The fourth-order valence-electron chi connectivity index (χ4n) is 3.08. The van der Waals surface area contributed by atoms with Crippen LogP contribution in [0.25, 0.3) is 0 Å². The summed E-state index contributed by atoms with van der Waals surface area (Å²) in [5, 5.41) is 5.79. The zero-order chi connectivity index (χ0) is 17.0. The molecule has 134 valence electrons. The fourth-order valence-corrected chi connectivity index (χ4v) is 3.08. The third-order valence-electron chi connectivity index (χ3n) is 4.46. The molecule has 1 aromatic carbocycles. The van der Waals surface area contributed by atoms with Crippen LogP contribution in [0.4, 0.5) is 5.69 Å². The van der Waals surface area contributed by atoms with Gasteiger partial charge in [-0.05, 0) is 43.2 Å². The van der Waals surface area contributed by atoms with E-state index < -0.39 is 0 Å². The molecule has 1 aliphatic rings. The van der Waals surface area contributed by atoms with Crippen molar-refractivity contribution in [3.63, 3.8) is 0 Å². The van der Waals surface area contributed by atoms with E-state index >= 15 is 0 Å². The first-order valence-electron chi connectivity index (χ1n) is 8.09. The number of anilines is 1. The molecular formula is C18H22ClN3O3. The molecule has 0 aliphatic heterocycles. The molecule has 6 nitrogen and oxygen atoms in total. The lowest BCUT2D eigenvalue weighted by Crippen LogP contribution is -2.51. The summed E-state index contributed by atoms with van der Waals surface area (Å²) in [6.45, 7) is 0.438. The fraction of sp³-hybridized carbons (Fsp3) is 0.333. The largest absolute Gasteiger partial charge is 0.459 e. The van der Waals surface area contributed by atoms with E-state index in [0.29, 0.717) is 17.8 Å². The lowest BCUT2D eigenvalue weighted by Gasteiger charge is -2.28. The number of furan rings is 1. The number of carbonyl (C=O) groups is 2. The highest BCUT2D eigenvalue weighted by atomic mass is 35.5. The van der Waals surface area contributed by atoms with Gasteiger partial charge in [-0.2, -0.15) is 0 Å². The minimum absolute atomic E-state index is 0. The van der Waals surface area contributed by atoms with E-state index in [9.17, 15) is 9.59 Å². The molecule has 2 aromatic rings. The molecule has 1 aliphatic carbocycles. The van der Waals surface area contributed by atoms with Crippen molar-refractivity contribution in [2.24, 2.45) is 5.73 Å². The van der Waals surface area contributed by atoms with Crippen molar-refractivity contribution in [1.82, 2.24) is 5.32 Å². The van der Waals surface area contributed by atoms with Crippen LogP contribution in [0.2, 0.25) is 0 Å². The molecule has 0 unspecified atom stereocenters. The van der Waals surface area contributed by atoms with E-state index in [-0.39, 0.29) is 35.5 Å². The van der Waals surface area contributed by atoms with Crippen LogP contribution in [0.3, 0.4) is 0 Å². The number of nitrogens with two attached hydrogens (primary N) is 1. The van der Waals surface area contributed by atoms with Gasteiger partial charge in [-0.1, -0.05) is 18.9 Å². The maximum atomic E-state index is 12.5. The molecular weight excluding hydrogens is 342 g/mol. The monoisotopic (exact) mass is 363 g/mol. The molecule has 1 aromatic heterocycles. The van der Waals surface area contributed by atoms with Crippen molar-refractivity contribution in [2.45, 2.75) is 31.2 Å². The number of hydrogen-bond donors (Lipinski definition) is 3. The van der Waals surface area contributed by atoms with Crippen LogP contribution in [0, 0.1) is 0 Å². The third-order valence-corrected chi connectivity index (χ3v) is 4.46. The van der Waals surface area contributed by atoms with Crippen LogP contribution >= 0.6 is 12.4 Å². The lowest BCUT2D eigenvalue weighted by atomic mass is 9.97. The smallest absolute Gasteiger partial charge is 0.291 e. The van der Waals surface area contributed by atoms with Crippen LogP contribution in [0.5, 0.6) is 0 Å². The van der Waals surface area contributed by atoms with E-state index in [0.717, 1.165) is 25.7 Å². The van der Waals surface area contributed by atoms with Crippen LogP contribution in [-0.4, -0.2) is 23.9 Å². The maximum absolute atomic E-state index is 12.5. The number of benzene rings is 1. The highest BCUT2D eigenvalue weighted by Crippen LogP contribution is 2.29. The first-order chi connectivity index (χ1) is 11.6. The Hall–Kier alpha value is -2.31. The molecule has 4 N–H and O–H groups in total. The first kappa shape index (κ1) is 19.0. The van der Waals surface area contributed by atoms with Gasteiger partial charge in [0.15, 0.2) is 5.76 Å². The molecule has 1 heterocycles. The van der Waals surface area contributed by atoms with Gasteiger partial charge in [0.05, 0.1) is 11.8 Å². The molecule has 2 amide bonds. The number of nitrogens with one attached hydrogen (secondary N) is 2. The van der Waals surface area contributed by atoms with Gasteiger partial charge >= 0.3 is 0 Å². The van der Waals surface area contributed by atoms with Gasteiger partial charge in [0.1, 0.15) is 0 Å². The Bertz CT molecular complexity index is 725. The summed E-state index contributed by atoms with van der Waals surface area (Å²) in [4.78, 5) is 24.5. The summed E-state index contributed by atoms with van der Waals surface area (Å²) in [6.07, 6.45) is 5.41. The van der Waals surface area contributed by atoms with Gasteiger partial charge in [-0.3, -0.25) is 9.59 Å². The first-order valence-corrected chi connectivity index (χ1v) is 8.09.